The van der Waals surface area contributed by atoms with Gasteiger partial charge in [-0.25, -0.2) is 0 Å². The number of esters is 2. The van der Waals surface area contributed by atoms with Crippen LogP contribution in [0.25, 0.3) is 0 Å². The second-order valence-electron chi connectivity index (χ2n) is 2.37. The van der Waals surface area contributed by atoms with Crippen molar-refractivity contribution < 1.29 is 19.1 Å². The number of methoxy groups -OCH3 is 1. The van der Waals surface area contributed by atoms with E-state index in [1.54, 1.807) is 14.0 Å². The third-order valence-corrected chi connectivity index (χ3v) is 1.51. The Morgan fingerprint density at radius 3 is 2.46 bits per heavy atom. The van der Waals surface area contributed by atoms with Gasteiger partial charge in [0, 0.05) is 0 Å². The van der Waals surface area contributed by atoms with Crippen LogP contribution < -0.4 is 5.32 Å². The Hall–Kier alpha value is -1.10. The fourth-order valence-corrected chi connectivity index (χ4v) is 0.832. The average Bonchev–Trinajstić information content (AvgIpc) is 2.13. The molecule has 0 spiro atoms. The average molecular weight is 189 g/mol. The van der Waals surface area contributed by atoms with Gasteiger partial charge in [0.05, 0.1) is 20.1 Å². The first-order valence-electron chi connectivity index (χ1n) is 4.06. The summed E-state index contributed by atoms with van der Waals surface area (Å²) in [5.74, 6) is -0.872. The maximum absolute atomic E-state index is 11.0. The third-order valence-electron chi connectivity index (χ3n) is 1.51. The lowest BCUT2D eigenvalue weighted by atomic mass is 10.2. The maximum Gasteiger partial charge on any atom is 0.323 e. The fourth-order valence-electron chi connectivity index (χ4n) is 0.832. The van der Waals surface area contributed by atoms with Gasteiger partial charge in [-0.2, -0.15) is 0 Å². The minimum Gasteiger partial charge on any atom is -0.468 e. The molecule has 0 bridgehead atoms. The van der Waals surface area contributed by atoms with Crippen LogP contribution in [0.1, 0.15) is 13.3 Å². The van der Waals surface area contributed by atoms with E-state index in [0.717, 1.165) is 0 Å². The number of ether oxygens (including phenoxy) is 2. The summed E-state index contributed by atoms with van der Waals surface area (Å²) in [6.07, 6.45) is -0.00296. The quantitative estimate of drug-likeness (QED) is 0.601. The molecule has 0 amide bonds. The summed E-state index contributed by atoms with van der Waals surface area (Å²) in [6.45, 7) is 2.03. The first-order chi connectivity index (χ1) is 6.15. The molecular weight excluding hydrogens is 174 g/mol. The molecule has 13 heavy (non-hydrogen) atoms. The molecule has 1 atom stereocenters. The van der Waals surface area contributed by atoms with Gasteiger partial charge in [-0.05, 0) is 14.0 Å². The van der Waals surface area contributed by atoms with E-state index in [1.165, 1.54) is 7.11 Å². The molecule has 0 heterocycles. The highest BCUT2D eigenvalue weighted by Gasteiger charge is 2.20. The Labute approximate surface area is 77.4 Å². The topological polar surface area (TPSA) is 64.6 Å². The number of carbonyl (C=O) groups is 2. The van der Waals surface area contributed by atoms with Crippen molar-refractivity contribution in [1.82, 2.24) is 5.32 Å². The SMILES string of the molecule is CCOC(=O)CC(NC)C(=O)OC. The van der Waals surface area contributed by atoms with Crippen LogP contribution >= 0.6 is 0 Å². The number of hydrogen-bond acceptors (Lipinski definition) is 5. The van der Waals surface area contributed by atoms with Gasteiger partial charge in [0.25, 0.3) is 0 Å². The molecule has 0 aliphatic carbocycles. The van der Waals surface area contributed by atoms with Crippen molar-refractivity contribution in [2.75, 3.05) is 20.8 Å². The van der Waals surface area contributed by atoms with Crippen molar-refractivity contribution in [2.45, 2.75) is 19.4 Å². The van der Waals surface area contributed by atoms with E-state index in [9.17, 15) is 9.59 Å². The van der Waals surface area contributed by atoms with E-state index < -0.39 is 18.0 Å². The number of nitrogens with one attached hydrogen (secondary N) is 1. The molecule has 1 unspecified atom stereocenters. The van der Waals surface area contributed by atoms with Gasteiger partial charge < -0.3 is 14.8 Å². The lowest BCUT2D eigenvalue weighted by Crippen LogP contribution is -2.37. The van der Waals surface area contributed by atoms with Crippen LogP contribution in [-0.4, -0.2) is 38.7 Å². The number of likely N-dealkylation sites (N-methyl/N-ethyl adjacent to an activating group) is 1. The van der Waals surface area contributed by atoms with Crippen molar-refractivity contribution in [2.24, 2.45) is 0 Å². The molecule has 0 aromatic heterocycles. The molecule has 0 aliphatic rings. The lowest BCUT2D eigenvalue weighted by molar-refractivity contribution is -0.150. The van der Waals surface area contributed by atoms with Crippen molar-refractivity contribution in [1.29, 1.82) is 0 Å². The van der Waals surface area contributed by atoms with Crippen LogP contribution in [0.4, 0.5) is 0 Å². The molecule has 0 saturated carbocycles. The van der Waals surface area contributed by atoms with Crippen molar-refractivity contribution in [3.8, 4) is 0 Å². The molecule has 5 heteroatoms. The summed E-state index contributed by atoms with van der Waals surface area (Å²) in [5, 5.41) is 2.67. The number of carbonyl (C=O) groups excluding carboxylic acids is 2. The lowest BCUT2D eigenvalue weighted by Gasteiger charge is -2.11. The van der Waals surface area contributed by atoms with Gasteiger partial charge in [-0.3, -0.25) is 9.59 Å². The summed E-state index contributed by atoms with van der Waals surface area (Å²) in [4.78, 5) is 22.0. The molecule has 5 nitrogen and oxygen atoms in total. The minimum absolute atomic E-state index is 0.00296. The van der Waals surface area contributed by atoms with Crippen LogP contribution in [0.15, 0.2) is 0 Å². The first kappa shape index (κ1) is 11.9. The van der Waals surface area contributed by atoms with Gasteiger partial charge in [0.1, 0.15) is 6.04 Å². The van der Waals surface area contributed by atoms with Gasteiger partial charge >= 0.3 is 11.9 Å². The molecule has 0 aliphatic heterocycles. The Bertz CT molecular complexity index is 181. The zero-order valence-electron chi connectivity index (χ0n) is 8.12. The van der Waals surface area contributed by atoms with E-state index in [1.807, 2.05) is 0 Å². The fraction of sp³-hybridized carbons (Fsp3) is 0.750. The first-order valence-corrected chi connectivity index (χ1v) is 4.06. The smallest absolute Gasteiger partial charge is 0.323 e. The largest absolute Gasteiger partial charge is 0.468 e. The molecular formula is C8H15NO4. The monoisotopic (exact) mass is 189 g/mol. The molecule has 0 rings (SSSR count). The zero-order chi connectivity index (χ0) is 10.3. The van der Waals surface area contributed by atoms with Crippen LogP contribution in [0.5, 0.6) is 0 Å². The standard InChI is InChI=1S/C8H15NO4/c1-4-13-7(10)5-6(9-2)8(11)12-3/h6,9H,4-5H2,1-3H3. The number of hydrogen-bond donors (Lipinski definition) is 1. The van der Waals surface area contributed by atoms with Crippen LogP contribution in [0.2, 0.25) is 0 Å². The molecule has 0 radical (unpaired) electrons. The molecule has 76 valence electrons. The van der Waals surface area contributed by atoms with Crippen molar-refractivity contribution >= 4 is 11.9 Å². The third kappa shape index (κ3) is 4.47. The molecule has 0 saturated heterocycles. The summed E-state index contributed by atoms with van der Waals surface area (Å²) < 4.78 is 9.16. The highest BCUT2D eigenvalue weighted by atomic mass is 16.5. The van der Waals surface area contributed by atoms with E-state index in [-0.39, 0.29) is 6.42 Å². The van der Waals surface area contributed by atoms with Gasteiger partial charge in [-0.1, -0.05) is 0 Å². The summed E-state index contributed by atoms with van der Waals surface area (Å²) in [5.41, 5.74) is 0. The second-order valence-corrected chi connectivity index (χ2v) is 2.37. The minimum atomic E-state index is -0.621. The van der Waals surface area contributed by atoms with Crippen LogP contribution in [-0.2, 0) is 19.1 Å². The van der Waals surface area contributed by atoms with Gasteiger partial charge in [0.15, 0.2) is 0 Å². The predicted molar refractivity (Wildman–Crippen MR) is 46.1 cm³/mol. The normalized spacial score (nSPS) is 11.9. The molecule has 0 aromatic rings. The highest BCUT2D eigenvalue weighted by molar-refractivity contribution is 5.82. The zero-order valence-corrected chi connectivity index (χ0v) is 8.12. The summed E-state index contributed by atoms with van der Waals surface area (Å²) in [6, 6.07) is -0.621. The molecule has 0 fully saturated rings. The molecule has 1 N–H and O–H groups in total. The molecule has 0 aromatic carbocycles. The maximum atomic E-state index is 11.0. The highest BCUT2D eigenvalue weighted by Crippen LogP contribution is 1.96. The summed E-state index contributed by atoms with van der Waals surface area (Å²) in [7, 11) is 2.86. The van der Waals surface area contributed by atoms with Crippen LogP contribution in [0.3, 0.4) is 0 Å². The second kappa shape index (κ2) is 6.42. The Kier molecular flexibility index (Phi) is 5.88. The van der Waals surface area contributed by atoms with Crippen molar-refractivity contribution in [3.05, 3.63) is 0 Å². The Balaban J connectivity index is 3.97. The predicted octanol–water partition coefficient (Wildman–Crippen LogP) is -0.299. The van der Waals surface area contributed by atoms with E-state index in [2.05, 4.69) is 14.8 Å². The van der Waals surface area contributed by atoms with Gasteiger partial charge in [-0.15, -0.1) is 0 Å². The van der Waals surface area contributed by atoms with E-state index >= 15 is 0 Å². The van der Waals surface area contributed by atoms with Crippen molar-refractivity contribution in [3.63, 3.8) is 0 Å². The van der Waals surface area contributed by atoms with E-state index in [4.69, 9.17) is 0 Å². The van der Waals surface area contributed by atoms with Crippen LogP contribution in [0, 0.1) is 0 Å². The summed E-state index contributed by atoms with van der Waals surface area (Å²) >= 11 is 0. The van der Waals surface area contributed by atoms with E-state index in [0.29, 0.717) is 6.61 Å². The Morgan fingerprint density at radius 1 is 1.46 bits per heavy atom. The number of rotatable bonds is 5. The van der Waals surface area contributed by atoms with Gasteiger partial charge in [0.2, 0.25) is 0 Å². The Morgan fingerprint density at radius 2 is 2.08 bits per heavy atom.